The summed E-state index contributed by atoms with van der Waals surface area (Å²) in [7, 11) is 0. The molecule has 1 aliphatic rings. The summed E-state index contributed by atoms with van der Waals surface area (Å²) in [6.07, 6.45) is 2.18. The van der Waals surface area contributed by atoms with Gasteiger partial charge in [0, 0.05) is 19.2 Å². The van der Waals surface area contributed by atoms with Crippen molar-refractivity contribution in [3.8, 4) is 0 Å². The van der Waals surface area contributed by atoms with E-state index in [1.54, 1.807) is 24.3 Å². The van der Waals surface area contributed by atoms with Crippen LogP contribution in [0.2, 0.25) is 0 Å². The molecule has 0 radical (unpaired) electrons. The number of rotatable bonds is 6. The Bertz CT molecular complexity index is 687. The van der Waals surface area contributed by atoms with Gasteiger partial charge in [0.2, 0.25) is 11.8 Å². The molecule has 1 saturated heterocycles. The Morgan fingerprint density at radius 2 is 1.88 bits per heavy atom. The van der Waals surface area contributed by atoms with Crippen LogP contribution in [0.3, 0.4) is 0 Å². The van der Waals surface area contributed by atoms with Gasteiger partial charge in [0.15, 0.2) is 6.61 Å². The predicted octanol–water partition coefficient (Wildman–Crippen LogP) is 0.597. The molecule has 0 aromatic heterocycles. The van der Waals surface area contributed by atoms with Crippen molar-refractivity contribution in [2.24, 2.45) is 5.73 Å². The Morgan fingerprint density at radius 3 is 2.50 bits per heavy atom. The van der Waals surface area contributed by atoms with Crippen LogP contribution < -0.4 is 11.1 Å². The molecule has 1 fully saturated rings. The number of benzene rings is 1. The number of esters is 1. The Labute approximate surface area is 151 Å². The molecule has 8 heteroatoms. The Balaban J connectivity index is 1.83. The SMILES string of the molecule is CC(=O)Nc1ccc(CC(=O)OCC(=O)N2CCCC[C@H]2C(N)=O)cc1. The highest BCUT2D eigenvalue weighted by Crippen LogP contribution is 2.17. The second-order valence-corrected chi connectivity index (χ2v) is 6.22. The summed E-state index contributed by atoms with van der Waals surface area (Å²) in [6, 6.07) is 6.13. The number of hydrogen-bond donors (Lipinski definition) is 2. The lowest BCUT2D eigenvalue weighted by Crippen LogP contribution is -2.51. The van der Waals surface area contributed by atoms with Crippen LogP contribution in [0, 0.1) is 0 Å². The molecule has 3 N–H and O–H groups in total. The predicted molar refractivity (Wildman–Crippen MR) is 94.0 cm³/mol. The average Bonchev–Trinajstić information content (AvgIpc) is 2.61. The van der Waals surface area contributed by atoms with Crippen LogP contribution in [0.15, 0.2) is 24.3 Å². The number of primary amides is 1. The smallest absolute Gasteiger partial charge is 0.310 e. The van der Waals surface area contributed by atoms with Gasteiger partial charge in [0.05, 0.1) is 6.42 Å². The van der Waals surface area contributed by atoms with Crippen LogP contribution in [0.25, 0.3) is 0 Å². The second kappa shape index (κ2) is 8.98. The highest BCUT2D eigenvalue weighted by atomic mass is 16.5. The third kappa shape index (κ3) is 5.58. The van der Waals surface area contributed by atoms with Crippen LogP contribution in [-0.2, 0) is 30.3 Å². The van der Waals surface area contributed by atoms with Gasteiger partial charge >= 0.3 is 5.97 Å². The van der Waals surface area contributed by atoms with E-state index in [1.807, 2.05) is 0 Å². The molecule has 3 amide bonds. The number of amides is 3. The molecule has 1 aliphatic heterocycles. The molecule has 26 heavy (non-hydrogen) atoms. The van der Waals surface area contributed by atoms with E-state index in [0.29, 0.717) is 24.2 Å². The summed E-state index contributed by atoms with van der Waals surface area (Å²) in [4.78, 5) is 47.9. The lowest BCUT2D eigenvalue weighted by atomic mass is 10.0. The summed E-state index contributed by atoms with van der Waals surface area (Å²) in [5.41, 5.74) is 6.66. The van der Waals surface area contributed by atoms with Gasteiger partial charge in [-0.15, -0.1) is 0 Å². The number of ether oxygens (including phenoxy) is 1. The summed E-state index contributed by atoms with van der Waals surface area (Å²) >= 11 is 0. The largest absolute Gasteiger partial charge is 0.455 e. The van der Waals surface area contributed by atoms with Crippen molar-refractivity contribution >= 4 is 29.4 Å². The van der Waals surface area contributed by atoms with Gasteiger partial charge in [-0.25, -0.2) is 0 Å². The van der Waals surface area contributed by atoms with Crippen molar-refractivity contribution in [3.05, 3.63) is 29.8 Å². The maximum Gasteiger partial charge on any atom is 0.310 e. The fourth-order valence-electron chi connectivity index (χ4n) is 2.88. The van der Waals surface area contributed by atoms with E-state index in [9.17, 15) is 19.2 Å². The molecule has 140 valence electrons. The van der Waals surface area contributed by atoms with Gasteiger partial charge in [0.1, 0.15) is 6.04 Å². The molecular formula is C18H23N3O5. The monoisotopic (exact) mass is 361 g/mol. The third-order valence-corrected chi connectivity index (χ3v) is 4.13. The topological polar surface area (TPSA) is 119 Å². The Hall–Kier alpha value is -2.90. The van der Waals surface area contributed by atoms with Crippen molar-refractivity contribution in [3.63, 3.8) is 0 Å². The van der Waals surface area contributed by atoms with Gasteiger partial charge in [-0.2, -0.15) is 0 Å². The summed E-state index contributed by atoms with van der Waals surface area (Å²) in [5.74, 6) is -1.67. The number of anilines is 1. The molecule has 0 bridgehead atoms. The number of nitrogens with zero attached hydrogens (tertiary/aromatic N) is 1. The third-order valence-electron chi connectivity index (χ3n) is 4.13. The molecule has 2 rings (SSSR count). The van der Waals surface area contributed by atoms with E-state index < -0.39 is 30.4 Å². The Morgan fingerprint density at radius 1 is 1.19 bits per heavy atom. The first-order valence-corrected chi connectivity index (χ1v) is 8.47. The number of carbonyl (C=O) groups is 4. The number of piperidine rings is 1. The minimum absolute atomic E-state index is 0.00682. The first-order chi connectivity index (χ1) is 12.4. The zero-order chi connectivity index (χ0) is 19.1. The van der Waals surface area contributed by atoms with Crippen molar-refractivity contribution in [2.75, 3.05) is 18.5 Å². The van der Waals surface area contributed by atoms with E-state index in [1.165, 1.54) is 11.8 Å². The molecule has 1 atom stereocenters. The number of hydrogen-bond acceptors (Lipinski definition) is 5. The number of likely N-dealkylation sites (tertiary alicyclic amines) is 1. The van der Waals surface area contributed by atoms with E-state index in [0.717, 1.165) is 12.8 Å². The highest BCUT2D eigenvalue weighted by molar-refractivity contribution is 5.89. The molecule has 8 nitrogen and oxygen atoms in total. The van der Waals surface area contributed by atoms with Crippen LogP contribution in [-0.4, -0.2) is 47.8 Å². The fraction of sp³-hybridized carbons (Fsp3) is 0.444. The van der Waals surface area contributed by atoms with Crippen molar-refractivity contribution in [1.29, 1.82) is 0 Å². The molecule has 0 spiro atoms. The van der Waals surface area contributed by atoms with Crippen LogP contribution in [0.1, 0.15) is 31.7 Å². The van der Waals surface area contributed by atoms with Gasteiger partial charge in [0.25, 0.3) is 5.91 Å². The maximum atomic E-state index is 12.2. The highest BCUT2D eigenvalue weighted by Gasteiger charge is 2.30. The molecule has 0 saturated carbocycles. The first kappa shape index (κ1) is 19.4. The van der Waals surface area contributed by atoms with E-state index >= 15 is 0 Å². The number of carbonyl (C=O) groups excluding carboxylic acids is 4. The van der Waals surface area contributed by atoms with E-state index in [-0.39, 0.29) is 12.3 Å². The molecule has 0 unspecified atom stereocenters. The molecule has 1 heterocycles. The van der Waals surface area contributed by atoms with Gasteiger partial charge in [-0.3, -0.25) is 19.2 Å². The maximum absolute atomic E-state index is 12.2. The molecule has 0 aliphatic carbocycles. The quantitative estimate of drug-likeness (QED) is 0.719. The zero-order valence-electron chi connectivity index (χ0n) is 14.7. The first-order valence-electron chi connectivity index (χ1n) is 8.47. The minimum Gasteiger partial charge on any atom is -0.455 e. The molecule has 1 aromatic carbocycles. The lowest BCUT2D eigenvalue weighted by molar-refractivity contribution is -0.154. The summed E-state index contributed by atoms with van der Waals surface area (Å²) in [5, 5.41) is 2.63. The van der Waals surface area contributed by atoms with Crippen molar-refractivity contribution < 1.29 is 23.9 Å². The number of nitrogens with two attached hydrogens (primary N) is 1. The fourth-order valence-corrected chi connectivity index (χ4v) is 2.88. The normalized spacial score (nSPS) is 16.7. The van der Waals surface area contributed by atoms with Gasteiger partial charge < -0.3 is 20.7 Å². The minimum atomic E-state index is -0.628. The summed E-state index contributed by atoms with van der Waals surface area (Å²) < 4.78 is 5.03. The molecular weight excluding hydrogens is 338 g/mol. The lowest BCUT2D eigenvalue weighted by Gasteiger charge is -2.33. The Kier molecular flexibility index (Phi) is 6.71. The number of nitrogens with one attached hydrogen (secondary N) is 1. The second-order valence-electron chi connectivity index (χ2n) is 6.22. The molecule has 1 aromatic rings. The van der Waals surface area contributed by atoms with E-state index in [2.05, 4.69) is 5.32 Å². The van der Waals surface area contributed by atoms with Gasteiger partial charge in [-0.05, 0) is 37.0 Å². The van der Waals surface area contributed by atoms with Crippen molar-refractivity contribution in [1.82, 2.24) is 4.90 Å². The van der Waals surface area contributed by atoms with Crippen LogP contribution in [0.4, 0.5) is 5.69 Å². The van der Waals surface area contributed by atoms with Crippen molar-refractivity contribution in [2.45, 2.75) is 38.6 Å². The van der Waals surface area contributed by atoms with E-state index in [4.69, 9.17) is 10.5 Å². The van der Waals surface area contributed by atoms with Crippen LogP contribution in [0.5, 0.6) is 0 Å². The standard InChI is InChI=1S/C18H23N3O5/c1-12(22)20-14-7-5-13(6-8-14)10-17(24)26-11-16(23)21-9-3-2-4-15(21)18(19)25/h5-8,15H,2-4,9-11H2,1H3,(H2,19,25)(H,20,22)/t15-/m0/s1. The van der Waals surface area contributed by atoms with Crippen LogP contribution >= 0.6 is 0 Å². The zero-order valence-corrected chi connectivity index (χ0v) is 14.7. The summed E-state index contributed by atoms with van der Waals surface area (Å²) in [6.45, 7) is 1.44. The average molecular weight is 361 g/mol. The van der Waals surface area contributed by atoms with Gasteiger partial charge in [-0.1, -0.05) is 12.1 Å².